The van der Waals surface area contributed by atoms with Gasteiger partial charge in [-0.05, 0) is 164 Å². The van der Waals surface area contributed by atoms with Crippen LogP contribution in [-0.4, -0.2) is 103 Å². The molecule has 0 saturated carbocycles. The fourth-order valence-electron chi connectivity index (χ4n) is 10.5. The number of fused-ring (bicyclic) bond motifs is 2. The van der Waals surface area contributed by atoms with Crippen molar-refractivity contribution in [2.45, 2.75) is 133 Å². The van der Waals surface area contributed by atoms with Crippen molar-refractivity contribution in [3.05, 3.63) is 233 Å². The van der Waals surface area contributed by atoms with Crippen molar-refractivity contribution >= 4 is 35.3 Å². The predicted octanol–water partition coefficient (Wildman–Crippen LogP) is 14.7. The molecule has 8 aromatic rings. The fourth-order valence-corrected chi connectivity index (χ4v) is 12.3. The van der Waals surface area contributed by atoms with E-state index >= 15 is 0 Å². The molecular formula is C73H78F8N8O4S2. The Labute approximate surface area is 581 Å². The first-order chi connectivity index (χ1) is 52.4. The van der Waals surface area contributed by atoms with Crippen molar-refractivity contribution in [2.75, 3.05) is 52.4 Å². The molecule has 2 aliphatic carbocycles. The Morgan fingerprint density at radius 3 is 1.58 bits per heavy atom. The summed E-state index contributed by atoms with van der Waals surface area (Å²) in [6.45, 7) is 10.8. The van der Waals surface area contributed by atoms with Gasteiger partial charge in [0.25, 0.3) is 11.1 Å². The third-order valence-corrected chi connectivity index (χ3v) is 17.9. The molecule has 0 bridgehead atoms. The van der Waals surface area contributed by atoms with Crippen LogP contribution in [0.1, 0.15) is 125 Å². The summed E-state index contributed by atoms with van der Waals surface area (Å²) in [6.07, 6.45) is -17.5. The molecule has 12 nitrogen and oxygen atoms in total. The van der Waals surface area contributed by atoms with Crippen molar-refractivity contribution in [1.82, 2.24) is 38.7 Å². The number of carbonyl (C=O) groups excluding carboxylic acids is 2. The van der Waals surface area contributed by atoms with E-state index in [-0.39, 0.29) is 59.5 Å². The number of alkyl halides is 6. The lowest BCUT2D eigenvalue weighted by Gasteiger charge is -2.28. The fraction of sp³-hybridized carbons (Fsp3) is 0.370. The van der Waals surface area contributed by atoms with Gasteiger partial charge in [0, 0.05) is 81.5 Å². The number of likely N-dealkylation sites (N-methyl/N-ethyl adjacent to an activating group) is 2. The van der Waals surface area contributed by atoms with Gasteiger partial charge in [0.05, 0.1) is 26.2 Å². The Kier molecular flexibility index (Phi) is 17.7. The second-order valence-corrected chi connectivity index (χ2v) is 23.9. The molecule has 0 fully saturated rings. The molecule has 2 amide bonds. The van der Waals surface area contributed by atoms with Crippen LogP contribution < -0.4 is 11.1 Å². The second-order valence-electron chi connectivity index (χ2n) is 22.0. The van der Waals surface area contributed by atoms with Gasteiger partial charge in [-0.2, -0.15) is 36.3 Å². The van der Waals surface area contributed by atoms with Gasteiger partial charge >= 0.3 is 12.4 Å². The summed E-state index contributed by atoms with van der Waals surface area (Å²) in [6, 6.07) is 8.15. The van der Waals surface area contributed by atoms with Gasteiger partial charge in [0.1, 0.15) is 24.7 Å². The molecule has 0 unspecified atom stereocenters. The van der Waals surface area contributed by atoms with Crippen LogP contribution in [0.3, 0.4) is 0 Å². The van der Waals surface area contributed by atoms with Crippen LogP contribution in [-0.2, 0) is 85.2 Å². The van der Waals surface area contributed by atoms with Gasteiger partial charge < -0.3 is 28.7 Å². The lowest BCUT2D eigenvalue weighted by molar-refractivity contribution is -0.138. The Bertz CT molecular complexity index is 4930. The number of amides is 2. The zero-order chi connectivity index (χ0) is 82.9. The van der Waals surface area contributed by atoms with Crippen molar-refractivity contribution in [3.63, 3.8) is 0 Å². The zero-order valence-electron chi connectivity index (χ0n) is 69.5. The topological polar surface area (TPSA) is 117 Å². The zero-order valence-corrected chi connectivity index (χ0v) is 54.1. The third kappa shape index (κ3) is 19.0. The summed E-state index contributed by atoms with van der Waals surface area (Å²) in [5.74, 6) is -3.05. The van der Waals surface area contributed by atoms with E-state index in [1.165, 1.54) is 36.4 Å². The molecule has 0 atom stereocenters. The quantitative estimate of drug-likeness (QED) is 0.0295. The lowest BCUT2D eigenvalue weighted by atomic mass is 9.98. The van der Waals surface area contributed by atoms with Gasteiger partial charge in [0.15, 0.2) is 10.3 Å². The first-order valence-electron chi connectivity index (χ1n) is 39.0. The summed E-state index contributed by atoms with van der Waals surface area (Å²) < 4.78 is 255. The first-order valence-corrected chi connectivity index (χ1v) is 32.4. The minimum Gasteiger partial charge on any atom is -0.336 e. The summed E-state index contributed by atoms with van der Waals surface area (Å²) in [7, 11) is 0. The Morgan fingerprint density at radius 2 is 1.03 bits per heavy atom. The second kappa shape index (κ2) is 32.7. The number of halogens is 8. The molecule has 95 heavy (non-hydrogen) atoms. The molecule has 6 aromatic carbocycles. The maximum atomic E-state index is 14.6. The van der Waals surface area contributed by atoms with E-state index in [4.69, 9.17) is 23.3 Å². The minimum absolute atomic E-state index is 0.0102. The molecule has 10 rings (SSSR count). The highest BCUT2D eigenvalue weighted by Crippen LogP contribution is 2.36. The SMILES string of the molecule is [2H]c1c([2H])c(-c2c([2H])c([2H])c(C(F)(F)F)c(C)c2[2H])c([2H])c([2H])c1CN(CCN(CC)CC)C(=O)Cn1c(SCc2ccc(F)cc2)nc(=O)c2c1C([2H])([2H])C([2H])([2H])C2([2H])[2H].[2H]c1c([2H])c(CSc2nc(=O)c3c(n2CC(=O)N(CCN(CC)CC)Cc2ccc(-c4ccc(C(F)(F)F)cc4)cc2)CCC3)c([2H])c([2H])c1F. The molecule has 2 aliphatic rings. The first kappa shape index (κ1) is 51.4. The number of aromatic nitrogens is 4. The highest BCUT2D eigenvalue weighted by molar-refractivity contribution is 7.98. The largest absolute Gasteiger partial charge is 0.416 e. The van der Waals surface area contributed by atoms with Gasteiger partial charge in [-0.25, -0.2) is 8.78 Å². The summed E-state index contributed by atoms with van der Waals surface area (Å²) >= 11 is 1.81. The molecule has 0 N–H and O–H groups in total. The number of hydrogen-bond acceptors (Lipinski definition) is 10. The van der Waals surface area contributed by atoms with E-state index in [0.29, 0.717) is 67.8 Å². The van der Waals surface area contributed by atoms with Gasteiger partial charge in [-0.15, -0.1) is 0 Å². The Balaban J connectivity index is 0.000000261. The maximum Gasteiger partial charge on any atom is 0.416 e. The predicted molar refractivity (Wildman–Crippen MR) is 358 cm³/mol. The number of carbonyl (C=O) groups is 2. The van der Waals surface area contributed by atoms with E-state index < -0.39 is 184 Å². The van der Waals surface area contributed by atoms with Crippen molar-refractivity contribution in [1.29, 1.82) is 0 Å². The van der Waals surface area contributed by atoms with Crippen LogP contribution in [0.25, 0.3) is 22.3 Å². The van der Waals surface area contributed by atoms with Crippen molar-refractivity contribution in [2.24, 2.45) is 0 Å². The van der Waals surface area contributed by atoms with Crippen LogP contribution in [0.15, 0.2) is 159 Å². The van der Waals surface area contributed by atoms with E-state index in [1.807, 2.05) is 44.7 Å². The van der Waals surface area contributed by atoms with Gasteiger partial charge in [-0.1, -0.05) is 148 Å². The summed E-state index contributed by atoms with van der Waals surface area (Å²) in [5.41, 5.74) is -4.41. The van der Waals surface area contributed by atoms with Crippen molar-refractivity contribution in [3.8, 4) is 22.3 Å². The number of nitrogens with zero attached hydrogens (tertiary/aromatic N) is 8. The molecular weight excluding hydrogens is 1270 g/mol. The molecule has 0 saturated heterocycles. The highest BCUT2D eigenvalue weighted by atomic mass is 32.2. The smallest absolute Gasteiger partial charge is 0.336 e. The molecule has 2 aromatic heterocycles. The Morgan fingerprint density at radius 1 is 0.537 bits per heavy atom. The van der Waals surface area contributed by atoms with E-state index in [0.717, 1.165) is 76.3 Å². The van der Waals surface area contributed by atoms with Gasteiger partial charge in [0.2, 0.25) is 11.8 Å². The molecule has 0 radical (unpaired) electrons. The van der Waals surface area contributed by atoms with Crippen LogP contribution in [0, 0.1) is 18.6 Å². The monoisotopic (exact) mass is 1360 g/mol. The molecule has 0 spiro atoms. The number of hydrogen-bond donors (Lipinski definition) is 0. The van der Waals surface area contributed by atoms with Crippen LogP contribution in [0.4, 0.5) is 35.1 Å². The average Bonchev–Trinajstić information content (AvgIpc) is 1.51. The number of benzene rings is 6. The number of thioether (sulfide) groups is 2. The van der Waals surface area contributed by atoms with E-state index in [2.05, 4.69) is 14.9 Å². The molecule has 502 valence electrons. The van der Waals surface area contributed by atoms with E-state index in [1.54, 1.807) is 21.6 Å². The van der Waals surface area contributed by atoms with Crippen molar-refractivity contribution < 1.29 is 68.0 Å². The van der Waals surface area contributed by atoms with Crippen LogP contribution >= 0.6 is 23.5 Å². The summed E-state index contributed by atoms with van der Waals surface area (Å²) in [5, 5.41) is -0.117. The molecule has 0 aliphatic heterocycles. The maximum absolute atomic E-state index is 14.6. The normalized spacial score (nSPS) is 17.0. The average molecular weight is 1360 g/mol. The number of rotatable bonds is 26. The third-order valence-electron chi connectivity index (χ3n) is 15.9. The lowest BCUT2D eigenvalue weighted by Crippen LogP contribution is -2.40. The summed E-state index contributed by atoms with van der Waals surface area (Å²) in [4.78, 5) is 70.4. The van der Waals surface area contributed by atoms with Crippen LogP contribution in [0.2, 0.25) is 0 Å². The highest BCUT2D eigenvalue weighted by Gasteiger charge is 2.33. The Hall–Kier alpha value is -7.92. The molecule has 22 heteroatoms. The molecule has 2 heterocycles. The minimum atomic E-state index is -5.11. The van der Waals surface area contributed by atoms with Crippen LogP contribution in [0.5, 0.6) is 0 Å². The van der Waals surface area contributed by atoms with E-state index in [9.17, 15) is 54.3 Å². The van der Waals surface area contributed by atoms with Gasteiger partial charge in [-0.3, -0.25) is 19.2 Å². The standard InChI is InChI=1S/C37H40F4N4O2S.C36H38F4N4O2S/c1-4-43(5-2)19-20-44(22-26-9-13-28(14-10-26)29-15-18-32(25(3)21-29)37(39,40)41)34(46)23-45-33-8-6-7-31(33)35(47)42-36(45)48-24-27-11-16-30(38)17-12-27;1-3-42(4-2)20-21-43(22-25-8-12-27(13-9-25)28-14-16-29(17-15-28)36(38,39)40)33(45)23-44-32-7-5-6-31(32)34(46)41-35(44)47-24-26-10-18-30(37)19-11-26/h9-18,21H,4-8,19-20,22-24H2,1-3H3;8-19H,3-7,20-24H2,1-2H3/i6D2,7D2,8D2,9D,10D,13D,14D,15D,18D,21D;10D,11D,18D,19D.